The molecule has 0 aliphatic carbocycles. The maximum atomic E-state index is 12.8. The first-order valence-electron chi connectivity index (χ1n) is 32.1. The van der Waals surface area contributed by atoms with Crippen LogP contribution in [0.15, 0.2) is 48.6 Å². The van der Waals surface area contributed by atoms with E-state index in [1.165, 1.54) is 212 Å². The van der Waals surface area contributed by atoms with Gasteiger partial charge in [-0.15, -0.1) is 0 Å². The Balaban J connectivity index is 3.85. The molecule has 0 saturated heterocycles. The zero-order valence-corrected chi connectivity index (χ0v) is 48.9. The first-order chi connectivity index (χ1) is 36.0. The number of allylic oxidation sites excluding steroid dienone is 8. The molecule has 0 heterocycles. The number of ether oxygens (including phenoxy) is 3. The zero-order chi connectivity index (χ0) is 52.9. The minimum atomic E-state index is -0.763. The fraction of sp³-hybridized carbons (Fsp3) is 0.836. The second-order valence-corrected chi connectivity index (χ2v) is 21.7. The van der Waals surface area contributed by atoms with Crippen LogP contribution >= 0.6 is 0 Å². The van der Waals surface area contributed by atoms with Crippen molar-refractivity contribution >= 4 is 17.9 Å². The van der Waals surface area contributed by atoms with Gasteiger partial charge in [0.15, 0.2) is 6.10 Å². The summed E-state index contributed by atoms with van der Waals surface area (Å²) in [5.41, 5.74) is 0. The van der Waals surface area contributed by atoms with E-state index in [1.807, 2.05) is 0 Å². The van der Waals surface area contributed by atoms with Crippen molar-refractivity contribution in [3.05, 3.63) is 48.6 Å². The van der Waals surface area contributed by atoms with Crippen LogP contribution in [0.5, 0.6) is 0 Å². The molecule has 0 rings (SSSR count). The van der Waals surface area contributed by atoms with Gasteiger partial charge in [0.2, 0.25) is 0 Å². The molecule has 1 unspecified atom stereocenters. The predicted octanol–water partition coefficient (Wildman–Crippen LogP) is 21.8. The molecule has 0 aromatic heterocycles. The van der Waals surface area contributed by atoms with Crippen LogP contribution in [0, 0.1) is 0 Å². The molecule has 0 aliphatic rings. The quantitative estimate of drug-likeness (QED) is 0.0261. The molecule has 0 N–H and O–H groups in total. The SMILES string of the molecule is CC/C=C\C/C=C\C/C=C\C/C=C\CCCCCCCCCCCCCCCCCCCCCCCCC(=O)OCC(COC(=O)CCCCCCC)OC(=O)CCCCCCCCCCCCCCCCC. The number of unbranched alkanes of at least 4 members (excludes halogenated alkanes) is 40. The maximum absolute atomic E-state index is 12.8. The van der Waals surface area contributed by atoms with Crippen LogP contribution in [0.4, 0.5) is 0 Å². The first kappa shape index (κ1) is 70.4. The highest BCUT2D eigenvalue weighted by atomic mass is 16.6. The van der Waals surface area contributed by atoms with Crippen molar-refractivity contribution in [3.63, 3.8) is 0 Å². The molecule has 0 spiro atoms. The third-order valence-corrected chi connectivity index (χ3v) is 14.3. The van der Waals surface area contributed by atoms with E-state index < -0.39 is 6.10 Å². The van der Waals surface area contributed by atoms with Gasteiger partial charge in [-0.2, -0.15) is 0 Å². The van der Waals surface area contributed by atoms with Gasteiger partial charge in [0.05, 0.1) is 0 Å². The second-order valence-electron chi connectivity index (χ2n) is 21.7. The summed E-state index contributed by atoms with van der Waals surface area (Å²) in [6.45, 7) is 6.49. The van der Waals surface area contributed by atoms with Gasteiger partial charge in [-0.05, 0) is 57.8 Å². The lowest BCUT2D eigenvalue weighted by Gasteiger charge is -2.18. The number of rotatable bonds is 59. The molecule has 0 aromatic rings. The van der Waals surface area contributed by atoms with E-state index in [1.54, 1.807) is 0 Å². The highest BCUT2D eigenvalue weighted by Crippen LogP contribution is 2.18. The molecule has 0 amide bonds. The molecule has 0 saturated carbocycles. The van der Waals surface area contributed by atoms with Gasteiger partial charge in [-0.1, -0.05) is 313 Å². The summed E-state index contributed by atoms with van der Waals surface area (Å²) >= 11 is 0. The Morgan fingerprint density at radius 2 is 0.534 bits per heavy atom. The molecule has 0 bridgehead atoms. The zero-order valence-electron chi connectivity index (χ0n) is 48.9. The molecule has 426 valence electrons. The Labute approximate surface area is 454 Å². The van der Waals surface area contributed by atoms with E-state index in [0.717, 1.165) is 89.9 Å². The standard InChI is InChI=1S/C67H122O6/c1-4-7-10-13-15-17-19-21-23-24-25-26-27-28-29-30-31-32-33-34-35-36-37-38-39-40-41-42-44-45-47-49-51-54-57-60-66(69)72-63-64(62-71-65(68)59-56-53-12-9-6-3)73-67(70)61-58-55-52-50-48-46-43-22-20-18-16-14-11-8-5-2/h7,10,15,17,21,23,25-26,64H,4-6,8-9,11-14,16,18-20,22,24,27-63H2,1-3H3/b10-7-,17-15-,23-21-,26-25-. The van der Waals surface area contributed by atoms with Crippen molar-refractivity contribution in [1.29, 1.82) is 0 Å². The molecule has 6 nitrogen and oxygen atoms in total. The summed E-state index contributed by atoms with van der Waals surface area (Å²) in [6.07, 6.45) is 77.6. The molecular weight excluding hydrogens is 901 g/mol. The maximum Gasteiger partial charge on any atom is 0.306 e. The van der Waals surface area contributed by atoms with Crippen LogP contribution in [-0.2, 0) is 28.6 Å². The van der Waals surface area contributed by atoms with Crippen LogP contribution in [0.25, 0.3) is 0 Å². The Kier molecular flexibility index (Phi) is 59.7. The van der Waals surface area contributed by atoms with Gasteiger partial charge in [-0.25, -0.2) is 0 Å². The average molecular weight is 1020 g/mol. The highest BCUT2D eigenvalue weighted by molar-refractivity contribution is 5.71. The average Bonchev–Trinajstić information content (AvgIpc) is 3.39. The number of carbonyl (C=O) groups excluding carboxylic acids is 3. The first-order valence-corrected chi connectivity index (χ1v) is 32.1. The Bertz CT molecular complexity index is 1270. The smallest absolute Gasteiger partial charge is 0.306 e. The lowest BCUT2D eigenvalue weighted by Crippen LogP contribution is -2.30. The van der Waals surface area contributed by atoms with Gasteiger partial charge in [0.25, 0.3) is 0 Å². The predicted molar refractivity (Wildman–Crippen MR) is 316 cm³/mol. The third-order valence-electron chi connectivity index (χ3n) is 14.3. The third kappa shape index (κ3) is 60.1. The monoisotopic (exact) mass is 1020 g/mol. The van der Waals surface area contributed by atoms with Crippen molar-refractivity contribution in [1.82, 2.24) is 0 Å². The highest BCUT2D eigenvalue weighted by Gasteiger charge is 2.19. The number of carbonyl (C=O) groups is 3. The fourth-order valence-corrected chi connectivity index (χ4v) is 9.56. The topological polar surface area (TPSA) is 78.9 Å². The second kappa shape index (κ2) is 61.9. The summed E-state index contributed by atoms with van der Waals surface area (Å²) in [5.74, 6) is -0.860. The van der Waals surface area contributed by atoms with Gasteiger partial charge in [0, 0.05) is 19.3 Å². The Hall–Kier alpha value is -2.63. The minimum Gasteiger partial charge on any atom is -0.462 e. The number of hydrogen-bond acceptors (Lipinski definition) is 6. The van der Waals surface area contributed by atoms with Crippen molar-refractivity contribution in [2.45, 2.75) is 348 Å². The van der Waals surface area contributed by atoms with Crippen LogP contribution < -0.4 is 0 Å². The summed E-state index contributed by atoms with van der Waals surface area (Å²) < 4.78 is 16.8. The number of esters is 3. The fourth-order valence-electron chi connectivity index (χ4n) is 9.56. The minimum absolute atomic E-state index is 0.0664. The summed E-state index contributed by atoms with van der Waals surface area (Å²) in [5, 5.41) is 0. The van der Waals surface area contributed by atoms with E-state index in [0.29, 0.717) is 19.3 Å². The number of hydrogen-bond donors (Lipinski definition) is 0. The molecule has 1 atom stereocenters. The van der Waals surface area contributed by atoms with Crippen molar-refractivity contribution in [2.24, 2.45) is 0 Å². The molecule has 73 heavy (non-hydrogen) atoms. The Morgan fingerprint density at radius 1 is 0.288 bits per heavy atom. The normalized spacial score (nSPS) is 12.3. The van der Waals surface area contributed by atoms with Gasteiger partial charge in [-0.3, -0.25) is 14.4 Å². The van der Waals surface area contributed by atoms with Gasteiger partial charge in [0.1, 0.15) is 13.2 Å². The molecule has 0 radical (unpaired) electrons. The summed E-state index contributed by atoms with van der Waals surface area (Å²) in [4.78, 5) is 37.8. The van der Waals surface area contributed by atoms with E-state index in [2.05, 4.69) is 69.4 Å². The van der Waals surface area contributed by atoms with E-state index in [4.69, 9.17) is 14.2 Å². The van der Waals surface area contributed by atoms with Gasteiger partial charge < -0.3 is 14.2 Å². The van der Waals surface area contributed by atoms with Crippen LogP contribution in [0.3, 0.4) is 0 Å². The lowest BCUT2D eigenvalue weighted by molar-refractivity contribution is -0.167. The van der Waals surface area contributed by atoms with Crippen molar-refractivity contribution < 1.29 is 28.6 Å². The van der Waals surface area contributed by atoms with E-state index in [-0.39, 0.29) is 31.1 Å². The van der Waals surface area contributed by atoms with Crippen LogP contribution in [-0.4, -0.2) is 37.2 Å². The van der Waals surface area contributed by atoms with E-state index in [9.17, 15) is 14.4 Å². The molecule has 0 aromatic carbocycles. The van der Waals surface area contributed by atoms with Crippen molar-refractivity contribution in [2.75, 3.05) is 13.2 Å². The lowest BCUT2D eigenvalue weighted by atomic mass is 10.0. The summed E-state index contributed by atoms with van der Waals surface area (Å²) in [6, 6.07) is 0. The van der Waals surface area contributed by atoms with E-state index >= 15 is 0 Å². The molecule has 6 heteroatoms. The van der Waals surface area contributed by atoms with Crippen LogP contribution in [0.2, 0.25) is 0 Å². The largest absolute Gasteiger partial charge is 0.462 e. The molecular formula is C67H122O6. The van der Waals surface area contributed by atoms with Crippen LogP contribution in [0.1, 0.15) is 342 Å². The summed E-state index contributed by atoms with van der Waals surface area (Å²) in [7, 11) is 0. The van der Waals surface area contributed by atoms with Gasteiger partial charge >= 0.3 is 17.9 Å². The molecule has 0 aliphatic heterocycles. The Morgan fingerprint density at radius 3 is 0.836 bits per heavy atom. The van der Waals surface area contributed by atoms with Crippen molar-refractivity contribution in [3.8, 4) is 0 Å². The molecule has 0 fully saturated rings.